The fourth-order valence-corrected chi connectivity index (χ4v) is 4.54. The number of nitrogens with zero attached hydrogens (tertiary/aromatic N) is 3. The van der Waals surface area contributed by atoms with Gasteiger partial charge in [-0.2, -0.15) is 0 Å². The minimum absolute atomic E-state index is 0.0103. The van der Waals surface area contributed by atoms with Gasteiger partial charge in [-0.05, 0) is 43.7 Å². The van der Waals surface area contributed by atoms with Crippen molar-refractivity contribution in [1.82, 2.24) is 15.2 Å². The Hall–Kier alpha value is -2.16. The minimum Gasteiger partial charge on any atom is -0.507 e. The molecule has 4 rings (SSSR count). The van der Waals surface area contributed by atoms with Crippen LogP contribution < -0.4 is 10.2 Å². The van der Waals surface area contributed by atoms with Crippen LogP contribution in [0.1, 0.15) is 38.2 Å². The Balaban J connectivity index is 1.52. The minimum atomic E-state index is -1.24. The van der Waals surface area contributed by atoms with Gasteiger partial charge in [-0.3, -0.25) is 9.69 Å². The Bertz CT molecular complexity index is 785. The Morgan fingerprint density at radius 1 is 1.23 bits per heavy atom. The fraction of sp³-hybridized carbons (Fsp3) is 0.636. The number of amides is 1. The standard InChI is InChI=1S/C22H32N4O4/c1-15-4-6-16(7-5-15)24-21(28)18-19(27)17-3-2-8-23-20(17)26(22(18)29)10-9-25-11-13-30-14-12-25/h2-3,8,15-16,22,27,29H,4-7,9-14H2,1H3,(H,24,28). The summed E-state index contributed by atoms with van der Waals surface area (Å²) in [7, 11) is 0. The largest absolute Gasteiger partial charge is 0.507 e. The maximum atomic E-state index is 13.1. The van der Waals surface area contributed by atoms with Crippen LogP contribution in [0.25, 0.3) is 5.76 Å². The second kappa shape index (κ2) is 9.32. The van der Waals surface area contributed by atoms with Gasteiger partial charge in [0.15, 0.2) is 6.23 Å². The van der Waals surface area contributed by atoms with E-state index in [4.69, 9.17) is 4.74 Å². The highest BCUT2D eigenvalue weighted by molar-refractivity contribution is 6.03. The second-order valence-electron chi connectivity index (χ2n) is 8.59. The van der Waals surface area contributed by atoms with E-state index in [1.54, 1.807) is 23.2 Å². The van der Waals surface area contributed by atoms with Gasteiger partial charge in [0.1, 0.15) is 17.2 Å². The van der Waals surface area contributed by atoms with Crippen LogP contribution in [-0.4, -0.2) is 77.7 Å². The van der Waals surface area contributed by atoms with Gasteiger partial charge in [0.05, 0.1) is 18.8 Å². The number of hydrogen-bond donors (Lipinski definition) is 3. The monoisotopic (exact) mass is 416 g/mol. The van der Waals surface area contributed by atoms with E-state index >= 15 is 0 Å². The number of anilines is 1. The van der Waals surface area contributed by atoms with Crippen LogP contribution in [0.2, 0.25) is 0 Å². The van der Waals surface area contributed by atoms with Crippen molar-refractivity contribution in [3.8, 4) is 0 Å². The molecule has 30 heavy (non-hydrogen) atoms. The smallest absolute Gasteiger partial charge is 0.255 e. The van der Waals surface area contributed by atoms with E-state index in [0.29, 0.717) is 43.6 Å². The number of aromatic nitrogens is 1. The average molecular weight is 417 g/mol. The van der Waals surface area contributed by atoms with Crippen LogP contribution in [0.4, 0.5) is 5.82 Å². The molecular weight excluding hydrogens is 384 g/mol. The van der Waals surface area contributed by atoms with E-state index in [2.05, 4.69) is 22.1 Å². The molecule has 3 heterocycles. The Morgan fingerprint density at radius 2 is 1.97 bits per heavy atom. The molecule has 0 aromatic carbocycles. The van der Waals surface area contributed by atoms with E-state index in [0.717, 1.165) is 38.8 Å². The molecule has 3 N–H and O–H groups in total. The molecule has 2 fully saturated rings. The molecule has 1 aromatic rings. The molecule has 1 saturated heterocycles. The van der Waals surface area contributed by atoms with E-state index in [9.17, 15) is 15.0 Å². The maximum Gasteiger partial charge on any atom is 0.255 e. The molecule has 1 saturated carbocycles. The Labute approximate surface area is 177 Å². The van der Waals surface area contributed by atoms with Crippen LogP contribution in [0, 0.1) is 5.92 Å². The molecule has 0 bridgehead atoms. The molecule has 8 heteroatoms. The molecule has 3 aliphatic rings. The third kappa shape index (κ3) is 4.45. The van der Waals surface area contributed by atoms with Crippen molar-refractivity contribution in [3.63, 3.8) is 0 Å². The predicted octanol–water partition coefficient (Wildman–Crippen LogP) is 1.52. The van der Waals surface area contributed by atoms with E-state index in [1.807, 2.05) is 0 Å². The van der Waals surface area contributed by atoms with Gasteiger partial charge in [0.25, 0.3) is 5.91 Å². The number of ether oxygens (including phenoxy) is 1. The lowest BCUT2D eigenvalue weighted by Gasteiger charge is -2.37. The lowest BCUT2D eigenvalue weighted by atomic mass is 9.87. The van der Waals surface area contributed by atoms with E-state index in [-0.39, 0.29) is 17.4 Å². The molecule has 164 valence electrons. The fourth-order valence-electron chi connectivity index (χ4n) is 4.54. The van der Waals surface area contributed by atoms with Crippen molar-refractivity contribution in [1.29, 1.82) is 0 Å². The highest BCUT2D eigenvalue weighted by Gasteiger charge is 2.37. The zero-order chi connectivity index (χ0) is 21.1. The molecule has 0 radical (unpaired) electrons. The highest BCUT2D eigenvalue weighted by Crippen LogP contribution is 2.35. The van der Waals surface area contributed by atoms with Gasteiger partial charge in [-0.15, -0.1) is 0 Å². The molecule has 1 atom stereocenters. The number of rotatable bonds is 5. The van der Waals surface area contributed by atoms with Crippen molar-refractivity contribution in [2.24, 2.45) is 5.92 Å². The van der Waals surface area contributed by atoms with Gasteiger partial charge in [-0.1, -0.05) is 6.92 Å². The van der Waals surface area contributed by atoms with Crippen molar-refractivity contribution in [2.45, 2.75) is 44.9 Å². The van der Waals surface area contributed by atoms with Crippen molar-refractivity contribution >= 4 is 17.5 Å². The highest BCUT2D eigenvalue weighted by atomic mass is 16.5. The molecule has 0 spiro atoms. The maximum absolute atomic E-state index is 13.1. The first-order valence-corrected chi connectivity index (χ1v) is 11.0. The number of carbonyl (C=O) groups is 1. The molecule has 1 amide bonds. The zero-order valence-electron chi connectivity index (χ0n) is 17.6. The van der Waals surface area contributed by atoms with E-state index < -0.39 is 12.1 Å². The van der Waals surface area contributed by atoms with Crippen LogP contribution in [0.5, 0.6) is 0 Å². The van der Waals surface area contributed by atoms with Crippen LogP contribution in [0.15, 0.2) is 23.9 Å². The topological polar surface area (TPSA) is 98.2 Å². The number of fused-ring (bicyclic) bond motifs is 1. The van der Waals surface area contributed by atoms with Crippen molar-refractivity contribution < 1.29 is 19.7 Å². The summed E-state index contributed by atoms with van der Waals surface area (Å²) in [4.78, 5) is 21.4. The number of morpholine rings is 1. The molecule has 2 aliphatic heterocycles. The summed E-state index contributed by atoms with van der Waals surface area (Å²) in [5.41, 5.74) is 0.489. The average Bonchev–Trinajstić information content (AvgIpc) is 2.76. The number of nitrogens with one attached hydrogen (secondary N) is 1. The third-order valence-corrected chi connectivity index (χ3v) is 6.48. The van der Waals surface area contributed by atoms with Gasteiger partial charge >= 0.3 is 0 Å². The molecule has 1 unspecified atom stereocenters. The molecule has 8 nitrogen and oxygen atoms in total. The summed E-state index contributed by atoms with van der Waals surface area (Å²) in [6.45, 7) is 6.52. The molecule has 1 aromatic heterocycles. The quantitative estimate of drug-likeness (QED) is 0.669. The van der Waals surface area contributed by atoms with Gasteiger partial charge in [0, 0.05) is 38.4 Å². The summed E-state index contributed by atoms with van der Waals surface area (Å²) < 4.78 is 5.40. The van der Waals surface area contributed by atoms with Crippen molar-refractivity contribution in [3.05, 3.63) is 29.5 Å². The normalized spacial score (nSPS) is 27.7. The van der Waals surface area contributed by atoms with Gasteiger partial charge in [0.2, 0.25) is 0 Å². The van der Waals surface area contributed by atoms with E-state index in [1.165, 1.54) is 0 Å². The van der Waals surface area contributed by atoms with Gasteiger partial charge < -0.3 is 25.2 Å². The van der Waals surface area contributed by atoms with Gasteiger partial charge in [-0.25, -0.2) is 4.98 Å². The zero-order valence-corrected chi connectivity index (χ0v) is 17.6. The number of aliphatic hydroxyl groups is 2. The summed E-state index contributed by atoms with van der Waals surface area (Å²) >= 11 is 0. The summed E-state index contributed by atoms with van der Waals surface area (Å²) in [6, 6.07) is 3.55. The first-order valence-electron chi connectivity index (χ1n) is 11.0. The number of aliphatic hydroxyl groups excluding tert-OH is 2. The van der Waals surface area contributed by atoms with Crippen molar-refractivity contribution in [2.75, 3.05) is 44.3 Å². The third-order valence-electron chi connectivity index (χ3n) is 6.48. The number of pyridine rings is 1. The number of carbonyl (C=O) groups excluding carboxylic acids is 1. The first kappa shape index (κ1) is 21.1. The Morgan fingerprint density at radius 3 is 2.70 bits per heavy atom. The number of hydrogen-bond acceptors (Lipinski definition) is 7. The summed E-state index contributed by atoms with van der Waals surface area (Å²) in [6.07, 6.45) is 4.41. The summed E-state index contributed by atoms with van der Waals surface area (Å²) in [5.74, 6) is 0.596. The Kier molecular flexibility index (Phi) is 6.55. The second-order valence-corrected chi connectivity index (χ2v) is 8.59. The van der Waals surface area contributed by atoms with Crippen LogP contribution in [0.3, 0.4) is 0 Å². The first-order chi connectivity index (χ1) is 14.5. The van der Waals surface area contributed by atoms with Crippen LogP contribution in [-0.2, 0) is 9.53 Å². The lowest BCUT2D eigenvalue weighted by Crippen LogP contribution is -2.50. The SMILES string of the molecule is CC1CCC(NC(=O)C2=C(O)c3cccnc3N(CCN3CCOCC3)C2O)CC1. The molecule has 1 aliphatic carbocycles. The molecular formula is C22H32N4O4. The predicted molar refractivity (Wildman–Crippen MR) is 114 cm³/mol. The summed E-state index contributed by atoms with van der Waals surface area (Å²) in [5, 5.41) is 25.0. The van der Waals surface area contributed by atoms with Crippen LogP contribution >= 0.6 is 0 Å². The lowest BCUT2D eigenvalue weighted by molar-refractivity contribution is -0.119.